The number of H-pyrrole nitrogens is 2. The van der Waals surface area contributed by atoms with Crippen molar-refractivity contribution < 1.29 is 0 Å². The number of rotatable bonds is 0. The SMILES string of the molecule is Cn1c(=O)[nH]c(=O)c2n[nH]c(=O)nc21. The molecule has 0 aromatic carbocycles. The molecule has 2 heterocycles. The molecule has 2 aromatic heterocycles. The summed E-state index contributed by atoms with van der Waals surface area (Å²) in [5.41, 5.74) is -2.14. The fraction of sp³-hybridized carbons (Fsp3) is 0.167. The maximum atomic E-state index is 11.2. The molecule has 0 fully saturated rings. The van der Waals surface area contributed by atoms with Gasteiger partial charge in [-0.3, -0.25) is 14.3 Å². The topological polar surface area (TPSA) is 113 Å². The van der Waals surface area contributed by atoms with E-state index in [-0.39, 0.29) is 11.2 Å². The van der Waals surface area contributed by atoms with Gasteiger partial charge in [-0.25, -0.2) is 14.7 Å². The Morgan fingerprint density at radius 1 is 1.29 bits per heavy atom. The first-order valence-electron chi connectivity index (χ1n) is 3.65. The molecule has 0 saturated heterocycles. The Balaban J connectivity index is 3.19. The number of aryl methyl sites for hydroxylation is 1. The summed E-state index contributed by atoms with van der Waals surface area (Å²) in [5.74, 6) is 0. The van der Waals surface area contributed by atoms with Gasteiger partial charge in [-0.2, -0.15) is 10.1 Å². The molecule has 0 saturated carbocycles. The minimum atomic E-state index is -0.710. The van der Waals surface area contributed by atoms with Crippen LogP contribution < -0.4 is 16.9 Å². The summed E-state index contributed by atoms with van der Waals surface area (Å²) in [6.07, 6.45) is 0. The van der Waals surface area contributed by atoms with Crippen LogP contribution in [0.25, 0.3) is 11.2 Å². The molecular weight excluding hydrogens is 190 g/mol. The summed E-state index contributed by atoms with van der Waals surface area (Å²) in [5, 5.41) is 5.49. The van der Waals surface area contributed by atoms with E-state index in [1.165, 1.54) is 7.05 Å². The van der Waals surface area contributed by atoms with Gasteiger partial charge < -0.3 is 0 Å². The number of nitrogens with one attached hydrogen (secondary N) is 2. The quantitative estimate of drug-likeness (QED) is 0.491. The largest absolute Gasteiger partial charge is 0.363 e. The van der Waals surface area contributed by atoms with Gasteiger partial charge >= 0.3 is 11.4 Å². The van der Waals surface area contributed by atoms with Gasteiger partial charge in [0.25, 0.3) is 5.56 Å². The monoisotopic (exact) mass is 195 g/mol. The summed E-state index contributed by atoms with van der Waals surface area (Å²) in [6, 6.07) is 0. The van der Waals surface area contributed by atoms with Crippen molar-refractivity contribution in [3.8, 4) is 0 Å². The highest BCUT2D eigenvalue weighted by molar-refractivity contribution is 5.66. The Kier molecular flexibility index (Phi) is 1.56. The van der Waals surface area contributed by atoms with Crippen molar-refractivity contribution in [3.05, 3.63) is 31.3 Å². The Hall–Kier alpha value is -2.25. The summed E-state index contributed by atoms with van der Waals surface area (Å²) in [7, 11) is 1.38. The van der Waals surface area contributed by atoms with E-state index in [4.69, 9.17) is 0 Å². The number of nitrogens with zero attached hydrogens (tertiary/aromatic N) is 3. The second-order valence-corrected chi connectivity index (χ2v) is 2.63. The summed E-state index contributed by atoms with van der Waals surface area (Å²) >= 11 is 0. The van der Waals surface area contributed by atoms with Crippen LogP contribution in [0.3, 0.4) is 0 Å². The van der Waals surface area contributed by atoms with E-state index in [9.17, 15) is 14.4 Å². The van der Waals surface area contributed by atoms with Crippen molar-refractivity contribution in [1.82, 2.24) is 24.7 Å². The Bertz CT molecular complexity index is 663. The molecule has 0 unspecified atom stereocenters. The molecule has 8 heteroatoms. The lowest BCUT2D eigenvalue weighted by atomic mass is 10.5. The first kappa shape index (κ1) is 8.35. The Morgan fingerprint density at radius 2 is 2.00 bits per heavy atom. The third-order valence-corrected chi connectivity index (χ3v) is 1.74. The van der Waals surface area contributed by atoms with Crippen LogP contribution in [-0.2, 0) is 7.05 Å². The standard InChI is InChI=1S/C6H5N5O3/c1-11-3-2(4(12)8-6(11)14)9-10-5(13)7-3/h1H3,(H,7,10,13)(H,8,12,14). The highest BCUT2D eigenvalue weighted by Gasteiger charge is 2.07. The second-order valence-electron chi connectivity index (χ2n) is 2.63. The first-order valence-corrected chi connectivity index (χ1v) is 3.65. The lowest BCUT2D eigenvalue weighted by molar-refractivity contribution is 0.803. The molecule has 0 aliphatic heterocycles. The fourth-order valence-electron chi connectivity index (χ4n) is 1.05. The van der Waals surface area contributed by atoms with Gasteiger partial charge in [-0.15, -0.1) is 0 Å². The maximum absolute atomic E-state index is 11.2. The van der Waals surface area contributed by atoms with Crippen molar-refractivity contribution in [2.45, 2.75) is 0 Å². The number of hydrogen-bond acceptors (Lipinski definition) is 5. The minimum Gasteiger partial charge on any atom is -0.279 e. The van der Waals surface area contributed by atoms with Crippen LogP contribution in [0, 0.1) is 0 Å². The van der Waals surface area contributed by atoms with Gasteiger partial charge in [0.2, 0.25) is 0 Å². The molecule has 0 radical (unpaired) electrons. The van der Waals surface area contributed by atoms with Crippen LogP contribution in [0.4, 0.5) is 0 Å². The van der Waals surface area contributed by atoms with Gasteiger partial charge in [0, 0.05) is 7.05 Å². The van der Waals surface area contributed by atoms with Gasteiger partial charge in [-0.1, -0.05) is 0 Å². The number of aromatic nitrogens is 5. The van der Waals surface area contributed by atoms with Crippen LogP contribution >= 0.6 is 0 Å². The highest BCUT2D eigenvalue weighted by atomic mass is 16.2. The van der Waals surface area contributed by atoms with Gasteiger partial charge in [-0.05, 0) is 0 Å². The molecular formula is C6H5N5O3. The normalized spacial score (nSPS) is 10.6. The lowest BCUT2D eigenvalue weighted by Gasteiger charge is -1.98. The van der Waals surface area contributed by atoms with Crippen LogP contribution in [0.1, 0.15) is 0 Å². The van der Waals surface area contributed by atoms with Crippen molar-refractivity contribution in [2.75, 3.05) is 0 Å². The molecule has 2 rings (SSSR count). The zero-order valence-corrected chi connectivity index (χ0v) is 7.07. The molecule has 0 amide bonds. The summed E-state index contributed by atoms with van der Waals surface area (Å²) in [6.45, 7) is 0. The number of hydrogen-bond donors (Lipinski definition) is 2. The van der Waals surface area contributed by atoms with E-state index in [1.54, 1.807) is 0 Å². The van der Waals surface area contributed by atoms with Crippen LogP contribution in [0.5, 0.6) is 0 Å². The van der Waals surface area contributed by atoms with E-state index >= 15 is 0 Å². The molecule has 0 aliphatic carbocycles. The summed E-state index contributed by atoms with van der Waals surface area (Å²) < 4.78 is 1.04. The van der Waals surface area contributed by atoms with Crippen molar-refractivity contribution in [1.29, 1.82) is 0 Å². The zero-order valence-electron chi connectivity index (χ0n) is 7.07. The first-order chi connectivity index (χ1) is 6.59. The van der Waals surface area contributed by atoms with Crippen molar-refractivity contribution >= 4 is 11.2 Å². The average Bonchev–Trinajstić information content (AvgIpc) is 2.14. The molecule has 0 atom stereocenters. The predicted octanol–water partition coefficient (Wildman–Crippen LogP) is -2.29. The zero-order chi connectivity index (χ0) is 10.3. The molecule has 2 aromatic rings. The van der Waals surface area contributed by atoms with E-state index in [1.807, 2.05) is 10.1 Å². The summed E-state index contributed by atoms with van der Waals surface area (Å²) in [4.78, 5) is 38.6. The third-order valence-electron chi connectivity index (χ3n) is 1.74. The number of aromatic amines is 2. The Labute approximate surface area is 75.2 Å². The third kappa shape index (κ3) is 1.04. The van der Waals surface area contributed by atoms with Gasteiger partial charge in [0.05, 0.1) is 0 Å². The fourth-order valence-corrected chi connectivity index (χ4v) is 1.05. The van der Waals surface area contributed by atoms with E-state index < -0.39 is 16.9 Å². The van der Waals surface area contributed by atoms with E-state index in [0.29, 0.717) is 0 Å². The van der Waals surface area contributed by atoms with Crippen LogP contribution in [0.2, 0.25) is 0 Å². The molecule has 2 N–H and O–H groups in total. The molecule has 0 bridgehead atoms. The van der Waals surface area contributed by atoms with Crippen molar-refractivity contribution in [3.63, 3.8) is 0 Å². The van der Waals surface area contributed by atoms with Gasteiger partial charge in [0.1, 0.15) is 0 Å². The second kappa shape index (κ2) is 2.62. The maximum Gasteiger partial charge on any atom is 0.363 e. The molecule has 72 valence electrons. The molecule has 14 heavy (non-hydrogen) atoms. The smallest absolute Gasteiger partial charge is 0.279 e. The van der Waals surface area contributed by atoms with Crippen LogP contribution in [-0.4, -0.2) is 24.7 Å². The number of fused-ring (bicyclic) bond motifs is 1. The molecule has 0 spiro atoms. The lowest BCUT2D eigenvalue weighted by Crippen LogP contribution is -2.31. The van der Waals surface area contributed by atoms with E-state index in [2.05, 4.69) is 10.1 Å². The van der Waals surface area contributed by atoms with Crippen molar-refractivity contribution in [2.24, 2.45) is 7.05 Å². The predicted molar refractivity (Wildman–Crippen MR) is 46.0 cm³/mol. The molecule has 0 aliphatic rings. The van der Waals surface area contributed by atoms with E-state index in [0.717, 1.165) is 4.57 Å². The van der Waals surface area contributed by atoms with Gasteiger partial charge in [0.15, 0.2) is 11.2 Å². The highest BCUT2D eigenvalue weighted by Crippen LogP contribution is 1.91. The average molecular weight is 195 g/mol. The minimum absolute atomic E-state index is 0.0394. The Morgan fingerprint density at radius 3 is 2.71 bits per heavy atom. The van der Waals surface area contributed by atoms with Crippen LogP contribution in [0.15, 0.2) is 14.4 Å². The molecule has 8 nitrogen and oxygen atoms in total.